The second kappa shape index (κ2) is 18.0. The molecule has 156 valence electrons. The molecular weight excluding hydrogens is 347 g/mol. The van der Waals surface area contributed by atoms with Gasteiger partial charge in [0.15, 0.2) is 7.37 Å². The van der Waals surface area contributed by atoms with E-state index in [-0.39, 0.29) is 0 Å². The summed E-state index contributed by atoms with van der Waals surface area (Å²) < 4.78 is 11.5. The van der Waals surface area contributed by atoms with Gasteiger partial charge in [-0.2, -0.15) is 0 Å². The quantitative estimate of drug-likeness (QED) is 0.173. The molecule has 0 bridgehead atoms. The van der Waals surface area contributed by atoms with Crippen LogP contribution in [0.4, 0.5) is 0 Å². The van der Waals surface area contributed by atoms with Crippen LogP contribution in [0.3, 0.4) is 0 Å². The zero-order chi connectivity index (χ0) is 19.5. The fraction of sp³-hybridized carbons (Fsp3) is 0.952. The van der Waals surface area contributed by atoms with E-state index >= 15 is 0 Å². The summed E-state index contributed by atoms with van der Waals surface area (Å²) in [6.07, 6.45) is 20.7. The molecule has 0 amide bonds. The highest BCUT2D eigenvalue weighted by Gasteiger charge is 2.13. The van der Waals surface area contributed by atoms with Crippen molar-refractivity contribution < 1.29 is 19.4 Å². The minimum Gasteiger partial charge on any atom is -0.481 e. The van der Waals surface area contributed by atoms with Gasteiger partial charge in [-0.3, -0.25) is 9.36 Å². The number of carboxylic acid groups (broad SMARTS) is 1. The number of unbranched alkanes of at least 4 members (excludes halogenated alkanes) is 15. The molecule has 0 aromatic heterocycles. The summed E-state index contributed by atoms with van der Waals surface area (Å²) in [4.78, 5) is 19.9. The SMILES string of the molecule is CCP(=O)(O)CCCCCCCCCCCCCCCCCCC(=O)O. The largest absolute Gasteiger partial charge is 0.481 e. The third kappa shape index (κ3) is 20.0. The molecule has 0 fully saturated rings. The Kier molecular flexibility index (Phi) is 17.8. The van der Waals surface area contributed by atoms with Crippen LogP contribution in [0.1, 0.15) is 116 Å². The number of hydrogen-bond acceptors (Lipinski definition) is 2. The zero-order valence-electron chi connectivity index (χ0n) is 17.1. The summed E-state index contributed by atoms with van der Waals surface area (Å²) in [5.41, 5.74) is 0. The van der Waals surface area contributed by atoms with E-state index in [0.29, 0.717) is 18.7 Å². The standard InChI is InChI=1S/C21H43O4P/c1-2-26(24,25)20-18-16-14-12-10-8-6-4-3-5-7-9-11-13-15-17-19-21(22)23/h2-20H2,1H3,(H,22,23)(H,24,25). The maximum absolute atomic E-state index is 11.5. The van der Waals surface area contributed by atoms with Gasteiger partial charge in [0.25, 0.3) is 0 Å². The van der Waals surface area contributed by atoms with Crippen LogP contribution in [0.2, 0.25) is 0 Å². The molecule has 4 nitrogen and oxygen atoms in total. The van der Waals surface area contributed by atoms with Gasteiger partial charge >= 0.3 is 5.97 Å². The third-order valence-electron chi connectivity index (χ3n) is 5.14. The molecule has 0 aliphatic carbocycles. The van der Waals surface area contributed by atoms with Crippen LogP contribution in [0.5, 0.6) is 0 Å². The second-order valence-electron chi connectivity index (χ2n) is 7.69. The van der Waals surface area contributed by atoms with Crippen molar-refractivity contribution in [1.82, 2.24) is 0 Å². The maximum atomic E-state index is 11.5. The van der Waals surface area contributed by atoms with Crippen molar-refractivity contribution in [3.05, 3.63) is 0 Å². The summed E-state index contributed by atoms with van der Waals surface area (Å²) in [7, 11) is -2.79. The Balaban J connectivity index is 3.09. The van der Waals surface area contributed by atoms with E-state index in [1.807, 2.05) is 0 Å². The Morgan fingerprint density at radius 1 is 0.654 bits per heavy atom. The fourth-order valence-electron chi connectivity index (χ4n) is 3.27. The van der Waals surface area contributed by atoms with Crippen molar-refractivity contribution in [2.45, 2.75) is 116 Å². The lowest BCUT2D eigenvalue weighted by Crippen LogP contribution is -1.93. The van der Waals surface area contributed by atoms with Gasteiger partial charge in [0.05, 0.1) is 0 Å². The first-order valence-electron chi connectivity index (χ1n) is 11.0. The van der Waals surface area contributed by atoms with E-state index in [0.717, 1.165) is 25.7 Å². The molecule has 0 aromatic rings. The molecule has 0 rings (SSSR count). The Morgan fingerprint density at radius 2 is 0.962 bits per heavy atom. The lowest BCUT2D eigenvalue weighted by molar-refractivity contribution is -0.137. The predicted molar refractivity (Wildman–Crippen MR) is 111 cm³/mol. The first kappa shape index (κ1) is 25.7. The third-order valence-corrected chi connectivity index (χ3v) is 7.15. The summed E-state index contributed by atoms with van der Waals surface area (Å²) >= 11 is 0. The Morgan fingerprint density at radius 3 is 1.27 bits per heavy atom. The summed E-state index contributed by atoms with van der Waals surface area (Å²) in [5, 5.41) is 8.56. The van der Waals surface area contributed by atoms with Gasteiger partial charge in [-0.05, 0) is 12.8 Å². The highest BCUT2D eigenvalue weighted by atomic mass is 31.2. The van der Waals surface area contributed by atoms with Crippen molar-refractivity contribution in [2.75, 3.05) is 12.3 Å². The number of carbonyl (C=O) groups is 1. The predicted octanol–water partition coefficient (Wildman–Crippen LogP) is 6.99. The molecule has 0 aliphatic heterocycles. The molecule has 0 heterocycles. The molecule has 26 heavy (non-hydrogen) atoms. The van der Waals surface area contributed by atoms with Gasteiger partial charge in [-0.25, -0.2) is 0 Å². The molecule has 0 saturated heterocycles. The van der Waals surface area contributed by atoms with Crippen LogP contribution >= 0.6 is 7.37 Å². The molecule has 0 aromatic carbocycles. The summed E-state index contributed by atoms with van der Waals surface area (Å²) in [6, 6.07) is 0. The molecule has 5 heteroatoms. The minimum atomic E-state index is -2.79. The molecular formula is C21H43O4P. The average Bonchev–Trinajstić information content (AvgIpc) is 2.60. The summed E-state index contributed by atoms with van der Waals surface area (Å²) in [6.45, 7) is 1.80. The monoisotopic (exact) mass is 390 g/mol. The Labute approximate surface area is 161 Å². The smallest absolute Gasteiger partial charge is 0.303 e. The van der Waals surface area contributed by atoms with Crippen molar-refractivity contribution in [1.29, 1.82) is 0 Å². The molecule has 0 aliphatic rings. The summed E-state index contributed by atoms with van der Waals surface area (Å²) in [5.74, 6) is -0.671. The van der Waals surface area contributed by atoms with E-state index in [1.54, 1.807) is 6.92 Å². The Hall–Kier alpha value is -0.340. The van der Waals surface area contributed by atoms with Gasteiger partial charge in [-0.15, -0.1) is 0 Å². The normalized spacial score (nSPS) is 13.6. The van der Waals surface area contributed by atoms with Crippen LogP contribution in [-0.4, -0.2) is 28.3 Å². The highest BCUT2D eigenvalue weighted by Crippen LogP contribution is 2.40. The first-order chi connectivity index (χ1) is 12.5. The van der Waals surface area contributed by atoms with Crippen LogP contribution in [-0.2, 0) is 9.36 Å². The van der Waals surface area contributed by atoms with E-state index in [9.17, 15) is 14.3 Å². The maximum Gasteiger partial charge on any atom is 0.303 e. The topological polar surface area (TPSA) is 74.6 Å². The molecule has 2 N–H and O–H groups in total. The van der Waals surface area contributed by atoms with Crippen LogP contribution < -0.4 is 0 Å². The average molecular weight is 391 g/mol. The van der Waals surface area contributed by atoms with Gasteiger partial charge < -0.3 is 10.00 Å². The second-order valence-corrected chi connectivity index (χ2v) is 10.5. The molecule has 1 atom stereocenters. The molecule has 0 radical (unpaired) electrons. The lowest BCUT2D eigenvalue weighted by atomic mass is 10.0. The van der Waals surface area contributed by atoms with E-state index in [4.69, 9.17) is 5.11 Å². The van der Waals surface area contributed by atoms with Crippen molar-refractivity contribution in [3.8, 4) is 0 Å². The van der Waals surface area contributed by atoms with Gasteiger partial charge in [0.1, 0.15) is 0 Å². The minimum absolute atomic E-state index is 0.323. The van der Waals surface area contributed by atoms with E-state index in [2.05, 4.69) is 0 Å². The number of carboxylic acids is 1. The number of hydrogen-bond donors (Lipinski definition) is 2. The van der Waals surface area contributed by atoms with Crippen molar-refractivity contribution in [2.24, 2.45) is 0 Å². The Bertz CT molecular complexity index is 371. The molecule has 0 saturated carbocycles. The highest BCUT2D eigenvalue weighted by molar-refractivity contribution is 7.57. The van der Waals surface area contributed by atoms with Crippen molar-refractivity contribution >= 4 is 13.3 Å². The first-order valence-corrected chi connectivity index (χ1v) is 13.0. The lowest BCUT2D eigenvalue weighted by Gasteiger charge is -2.08. The van der Waals surface area contributed by atoms with E-state index in [1.165, 1.54) is 77.0 Å². The zero-order valence-corrected chi connectivity index (χ0v) is 18.0. The van der Waals surface area contributed by atoms with Crippen molar-refractivity contribution in [3.63, 3.8) is 0 Å². The van der Waals surface area contributed by atoms with E-state index < -0.39 is 13.3 Å². The van der Waals surface area contributed by atoms with Crippen LogP contribution in [0.25, 0.3) is 0 Å². The fourth-order valence-corrected chi connectivity index (χ4v) is 4.30. The van der Waals surface area contributed by atoms with Gasteiger partial charge in [0, 0.05) is 18.7 Å². The number of rotatable bonds is 20. The number of aliphatic carboxylic acids is 1. The van der Waals surface area contributed by atoms with Gasteiger partial charge in [0.2, 0.25) is 0 Å². The van der Waals surface area contributed by atoms with Gasteiger partial charge in [-0.1, -0.05) is 96.8 Å². The molecule has 0 spiro atoms. The molecule has 1 unspecified atom stereocenters. The van der Waals surface area contributed by atoms with Crippen LogP contribution in [0.15, 0.2) is 0 Å². The van der Waals surface area contributed by atoms with Crippen LogP contribution in [0, 0.1) is 0 Å².